The summed E-state index contributed by atoms with van der Waals surface area (Å²) in [6, 6.07) is 11.6. The molecule has 0 bridgehead atoms. The number of nitrogens with zero attached hydrogens (tertiary/aromatic N) is 2. The molecule has 224 valence electrons. The number of imide groups is 1. The first kappa shape index (κ1) is 32.0. The molecule has 11 nitrogen and oxygen atoms in total. The van der Waals surface area contributed by atoms with Gasteiger partial charge in [-0.25, -0.2) is 9.69 Å². The molecule has 6 N–H and O–H groups in total. The Balaban J connectivity index is 1.20. The third kappa shape index (κ3) is 10.1. The van der Waals surface area contributed by atoms with Crippen LogP contribution in [0.25, 0.3) is 0 Å². The molecule has 0 unspecified atom stereocenters. The number of amides is 4. The Morgan fingerprint density at radius 2 is 1.78 bits per heavy atom. The zero-order chi connectivity index (χ0) is 29.6. The van der Waals surface area contributed by atoms with Crippen LogP contribution in [-0.2, 0) is 27.4 Å². The number of hydrogen-bond acceptors (Lipinski definition) is 8. The number of rotatable bonds is 19. The van der Waals surface area contributed by atoms with Crippen molar-refractivity contribution < 1.29 is 34.4 Å². The van der Waals surface area contributed by atoms with E-state index in [-0.39, 0.29) is 31.4 Å². The molecule has 1 atom stereocenters. The van der Waals surface area contributed by atoms with Crippen LogP contribution in [0.2, 0.25) is 0 Å². The average molecular weight is 571 g/mol. The Morgan fingerprint density at radius 3 is 2.54 bits per heavy atom. The molecule has 3 rings (SSSR count). The molecule has 11 heteroatoms. The maximum Gasteiger partial charge on any atom is 0.332 e. The van der Waals surface area contributed by atoms with Crippen molar-refractivity contribution in [3.63, 3.8) is 0 Å². The first-order valence-electron chi connectivity index (χ1n) is 14.2. The van der Waals surface area contributed by atoms with Crippen molar-refractivity contribution in [2.24, 2.45) is 5.73 Å². The van der Waals surface area contributed by atoms with Gasteiger partial charge in [0.1, 0.15) is 18.8 Å². The normalized spacial score (nSPS) is 14.2. The van der Waals surface area contributed by atoms with Crippen LogP contribution in [0.3, 0.4) is 0 Å². The fourth-order valence-corrected chi connectivity index (χ4v) is 4.71. The molecular formula is C30H42N4O7. The number of carbonyl (C=O) groups is 3. The van der Waals surface area contributed by atoms with Gasteiger partial charge in [0, 0.05) is 25.3 Å². The highest BCUT2D eigenvalue weighted by Crippen LogP contribution is 2.24. The van der Waals surface area contributed by atoms with Gasteiger partial charge in [0.25, 0.3) is 5.91 Å². The van der Waals surface area contributed by atoms with E-state index in [1.165, 1.54) is 6.07 Å². The smallest absolute Gasteiger partial charge is 0.332 e. The second-order valence-electron chi connectivity index (χ2n) is 10.3. The van der Waals surface area contributed by atoms with Crippen LogP contribution in [0, 0.1) is 0 Å². The van der Waals surface area contributed by atoms with Crippen molar-refractivity contribution in [2.45, 2.75) is 57.7 Å². The predicted molar refractivity (Wildman–Crippen MR) is 154 cm³/mol. The van der Waals surface area contributed by atoms with Crippen LogP contribution >= 0.6 is 0 Å². The van der Waals surface area contributed by atoms with Crippen LogP contribution in [0.1, 0.15) is 61.3 Å². The lowest BCUT2D eigenvalue weighted by molar-refractivity contribution is -0.119. The Hall–Kier alpha value is -3.51. The number of carbonyl (C=O) groups excluding carboxylic acids is 3. The molecule has 41 heavy (non-hydrogen) atoms. The molecule has 1 aliphatic heterocycles. The predicted octanol–water partition coefficient (Wildman–Crippen LogP) is 2.36. The molecule has 2 aromatic rings. The summed E-state index contributed by atoms with van der Waals surface area (Å²) in [5, 5.41) is 32.4. The van der Waals surface area contributed by atoms with E-state index in [0.29, 0.717) is 30.0 Å². The fraction of sp³-hybridized carbons (Fsp3) is 0.500. The molecule has 1 aliphatic rings. The highest BCUT2D eigenvalue weighted by molar-refractivity contribution is 6.20. The number of nitrogens with two attached hydrogens (primary N) is 1. The number of unbranched alkanes of at least 4 members (excludes halogenated alkanes) is 4. The maximum absolute atomic E-state index is 12.5. The Labute approximate surface area is 240 Å². The van der Waals surface area contributed by atoms with Crippen LogP contribution in [0.4, 0.5) is 10.5 Å². The van der Waals surface area contributed by atoms with E-state index in [9.17, 15) is 29.7 Å². The minimum atomic E-state index is -0.697. The molecule has 1 fully saturated rings. The Bertz CT molecular complexity index is 1160. The summed E-state index contributed by atoms with van der Waals surface area (Å²) in [5.74, 6) is -1.01. The van der Waals surface area contributed by atoms with Crippen LogP contribution in [0.15, 0.2) is 42.5 Å². The third-order valence-electron chi connectivity index (χ3n) is 6.95. The monoisotopic (exact) mass is 570 g/mol. The number of nitrogens with one attached hydrogen (secondary N) is 1. The Morgan fingerprint density at radius 1 is 1.02 bits per heavy atom. The molecule has 4 amide bonds. The second-order valence-corrected chi connectivity index (χ2v) is 10.3. The molecule has 1 saturated heterocycles. The van der Waals surface area contributed by atoms with Crippen molar-refractivity contribution in [1.29, 1.82) is 0 Å². The number of aryl methyl sites for hydroxylation is 1. The number of primary amides is 1. The lowest BCUT2D eigenvalue weighted by Crippen LogP contribution is -2.37. The van der Waals surface area contributed by atoms with Gasteiger partial charge in [0.05, 0.1) is 18.4 Å². The standard InChI is InChI=1S/C30H42N4O7/c31-28(38)19-33-20-29(39)34(30(33)40)25-10-7-9-22(16-25)8-3-6-15-41-14-5-2-1-4-13-32-18-27(37)23-11-12-26(36)24(17-23)21-35/h7,9-12,16-17,27,32,35-37H,1-6,8,13-15,18-21H2,(H2,31,38)/t27-/m0/s1. The highest BCUT2D eigenvalue weighted by Gasteiger charge is 2.37. The molecular weight excluding hydrogens is 528 g/mol. The quantitative estimate of drug-likeness (QED) is 0.127. The second kappa shape index (κ2) is 16.7. The third-order valence-corrected chi connectivity index (χ3v) is 6.95. The summed E-state index contributed by atoms with van der Waals surface area (Å²) in [6.45, 7) is 1.91. The van der Waals surface area contributed by atoms with Gasteiger partial charge in [-0.1, -0.05) is 31.0 Å². The number of phenols is 1. The maximum atomic E-state index is 12.5. The summed E-state index contributed by atoms with van der Waals surface area (Å²) in [7, 11) is 0. The molecule has 0 aliphatic carbocycles. The number of benzene rings is 2. The van der Waals surface area contributed by atoms with Crippen LogP contribution < -0.4 is 16.0 Å². The first-order valence-corrected chi connectivity index (χ1v) is 14.2. The van der Waals surface area contributed by atoms with E-state index >= 15 is 0 Å². The van der Waals surface area contributed by atoms with Gasteiger partial charge in [0.15, 0.2) is 0 Å². The van der Waals surface area contributed by atoms with Crippen molar-refractivity contribution in [3.05, 3.63) is 59.2 Å². The summed E-state index contributed by atoms with van der Waals surface area (Å²) < 4.78 is 5.76. The van der Waals surface area contributed by atoms with E-state index < -0.39 is 18.0 Å². The molecule has 0 spiro atoms. The van der Waals surface area contributed by atoms with Gasteiger partial charge in [-0.3, -0.25) is 9.59 Å². The van der Waals surface area contributed by atoms with Crippen LogP contribution in [-0.4, -0.2) is 77.5 Å². The number of hydrogen-bond donors (Lipinski definition) is 5. The largest absolute Gasteiger partial charge is 0.508 e. The van der Waals surface area contributed by atoms with Gasteiger partial charge in [-0.15, -0.1) is 0 Å². The molecule has 0 saturated carbocycles. The molecule has 2 aromatic carbocycles. The lowest BCUT2D eigenvalue weighted by atomic mass is 10.1. The minimum absolute atomic E-state index is 0.0243. The van der Waals surface area contributed by atoms with Gasteiger partial charge in [-0.2, -0.15) is 0 Å². The van der Waals surface area contributed by atoms with E-state index in [4.69, 9.17) is 10.5 Å². The summed E-state index contributed by atoms with van der Waals surface area (Å²) >= 11 is 0. The van der Waals surface area contributed by atoms with E-state index in [1.807, 2.05) is 18.2 Å². The number of aromatic hydroxyl groups is 1. The van der Waals surface area contributed by atoms with Gasteiger partial charge in [0.2, 0.25) is 5.91 Å². The van der Waals surface area contributed by atoms with Crippen molar-refractivity contribution in [1.82, 2.24) is 10.2 Å². The molecule has 0 aromatic heterocycles. The lowest BCUT2D eigenvalue weighted by Gasteiger charge is -2.16. The summed E-state index contributed by atoms with van der Waals surface area (Å²) in [5.41, 5.74) is 7.76. The van der Waals surface area contributed by atoms with Gasteiger partial charge >= 0.3 is 6.03 Å². The number of aliphatic hydroxyl groups is 2. The summed E-state index contributed by atoms with van der Waals surface area (Å²) in [4.78, 5) is 38.2. The SMILES string of the molecule is NC(=O)CN1CC(=O)N(c2cccc(CCCCOCCCCCCNC[C@H](O)c3ccc(O)c(CO)c3)c2)C1=O. The first-order chi connectivity index (χ1) is 19.8. The average Bonchev–Trinajstić information content (AvgIpc) is 3.22. The number of ether oxygens (including phenoxy) is 1. The van der Waals surface area contributed by atoms with E-state index in [1.54, 1.807) is 18.2 Å². The van der Waals surface area contributed by atoms with Gasteiger partial charge < -0.3 is 36.0 Å². The highest BCUT2D eigenvalue weighted by atomic mass is 16.5. The van der Waals surface area contributed by atoms with Crippen LogP contribution in [0.5, 0.6) is 5.75 Å². The molecule has 1 heterocycles. The van der Waals surface area contributed by atoms with E-state index in [2.05, 4.69) is 5.32 Å². The summed E-state index contributed by atoms with van der Waals surface area (Å²) in [6.07, 6.45) is 6.06. The Kier molecular flexibility index (Phi) is 13.0. The minimum Gasteiger partial charge on any atom is -0.508 e. The number of urea groups is 1. The fourth-order valence-electron chi connectivity index (χ4n) is 4.71. The van der Waals surface area contributed by atoms with Crippen molar-refractivity contribution in [3.8, 4) is 5.75 Å². The molecule has 0 radical (unpaired) electrons. The topological polar surface area (TPSA) is 166 Å². The number of aliphatic hydroxyl groups excluding tert-OH is 2. The number of anilines is 1. The zero-order valence-electron chi connectivity index (χ0n) is 23.5. The zero-order valence-corrected chi connectivity index (χ0v) is 23.5. The van der Waals surface area contributed by atoms with Crippen molar-refractivity contribution >= 4 is 23.5 Å². The van der Waals surface area contributed by atoms with Crippen molar-refractivity contribution in [2.75, 3.05) is 44.3 Å². The van der Waals surface area contributed by atoms with Gasteiger partial charge in [-0.05, 0) is 74.0 Å². The van der Waals surface area contributed by atoms with E-state index in [0.717, 1.165) is 73.5 Å².